The zero-order chi connectivity index (χ0) is 27.1. The Bertz CT molecular complexity index is 1180. The van der Waals surface area contributed by atoms with Crippen LogP contribution in [-0.4, -0.2) is 53.5 Å². The van der Waals surface area contributed by atoms with Crippen LogP contribution in [0, 0.1) is 0 Å². The zero-order valence-electron chi connectivity index (χ0n) is 21.1. The van der Waals surface area contributed by atoms with Crippen molar-refractivity contribution in [1.82, 2.24) is 14.5 Å². The maximum Gasteiger partial charge on any atom is 0.408 e. The van der Waals surface area contributed by atoms with Crippen LogP contribution < -0.4 is 4.72 Å². The van der Waals surface area contributed by atoms with Crippen LogP contribution in [0.5, 0.6) is 0 Å². The van der Waals surface area contributed by atoms with Gasteiger partial charge < -0.3 is 10.0 Å². The molecule has 1 unspecified atom stereocenters. The number of amides is 2. The smallest absolute Gasteiger partial charge is 0.408 e. The minimum atomic E-state index is -3.57. The van der Waals surface area contributed by atoms with Gasteiger partial charge in [0.2, 0.25) is 15.9 Å². The molecule has 0 saturated carbocycles. The van der Waals surface area contributed by atoms with Gasteiger partial charge in [0, 0.05) is 21.8 Å². The Morgan fingerprint density at radius 3 is 1.97 bits per heavy atom. The summed E-state index contributed by atoms with van der Waals surface area (Å²) in [6.45, 7) is 6.32. The lowest BCUT2D eigenvalue weighted by molar-refractivity contribution is -0.139. The summed E-state index contributed by atoms with van der Waals surface area (Å²) in [5, 5.41) is 15.7. The van der Waals surface area contributed by atoms with Gasteiger partial charge in [0.15, 0.2) is 0 Å². The lowest BCUT2D eigenvalue weighted by Crippen LogP contribution is -2.57. The molecule has 0 aromatic carbocycles. The van der Waals surface area contributed by atoms with Crippen molar-refractivity contribution in [3.05, 3.63) is 62.3 Å². The number of carbonyl (C=O) groups is 2. The van der Waals surface area contributed by atoms with Crippen molar-refractivity contribution >= 4 is 56.0 Å². The van der Waals surface area contributed by atoms with Crippen LogP contribution in [-0.2, 0) is 27.9 Å². The summed E-state index contributed by atoms with van der Waals surface area (Å²) in [6.07, 6.45) is 0.0854. The van der Waals surface area contributed by atoms with Gasteiger partial charge >= 0.3 is 6.09 Å². The lowest BCUT2D eigenvalue weighted by atomic mass is 9.98. The Morgan fingerprint density at radius 1 is 0.946 bits per heavy atom. The minimum Gasteiger partial charge on any atom is -0.465 e. The highest BCUT2D eigenvalue weighted by Gasteiger charge is 2.39. The van der Waals surface area contributed by atoms with Gasteiger partial charge in [0.25, 0.3) is 0 Å². The molecule has 3 aromatic heterocycles. The topological polar surface area (TPSA) is 107 Å². The average Bonchev–Trinajstić information content (AvgIpc) is 3.60. The monoisotopic (exact) mass is 583 g/mol. The first kappa shape index (κ1) is 29.3. The number of rotatable bonds is 13. The van der Waals surface area contributed by atoms with Gasteiger partial charge in [-0.2, -0.15) is 0 Å². The average molecular weight is 584 g/mol. The van der Waals surface area contributed by atoms with Crippen LogP contribution in [0.1, 0.15) is 49.8 Å². The van der Waals surface area contributed by atoms with Gasteiger partial charge in [0.05, 0.1) is 13.1 Å². The third-order valence-electron chi connectivity index (χ3n) is 5.65. The molecule has 37 heavy (non-hydrogen) atoms. The lowest BCUT2D eigenvalue weighted by Gasteiger charge is -2.40. The second kappa shape index (κ2) is 13.0. The van der Waals surface area contributed by atoms with E-state index < -0.39 is 27.7 Å². The van der Waals surface area contributed by atoms with Crippen molar-refractivity contribution in [2.24, 2.45) is 0 Å². The van der Waals surface area contributed by atoms with E-state index in [2.05, 4.69) is 4.72 Å². The van der Waals surface area contributed by atoms with Gasteiger partial charge in [-0.1, -0.05) is 18.2 Å². The standard InChI is InChI=1S/C25H33N3O5S4/c1-25(2,3)28(24(30)31)21(11-4-5-13-26-37(32,33)22-12-8-16-36-22)23(29)27(17-19-9-6-14-34-19)18-20-10-7-15-35-20/h6-10,12,14-16,21,26H,4-5,11,13,17-18H2,1-3H3,(H,30,31). The molecule has 12 heteroatoms. The number of carbonyl (C=O) groups excluding carboxylic acids is 1. The molecular weight excluding hydrogens is 551 g/mol. The highest BCUT2D eigenvalue weighted by Crippen LogP contribution is 2.26. The normalized spacial score (nSPS) is 12.8. The second-order valence-electron chi connectivity index (χ2n) is 9.52. The Morgan fingerprint density at radius 2 is 1.51 bits per heavy atom. The predicted molar refractivity (Wildman–Crippen MR) is 150 cm³/mol. The summed E-state index contributed by atoms with van der Waals surface area (Å²) in [5.41, 5.74) is -0.801. The minimum absolute atomic E-state index is 0.206. The molecule has 8 nitrogen and oxygen atoms in total. The molecule has 0 aliphatic rings. The van der Waals surface area contributed by atoms with Gasteiger partial charge in [0.1, 0.15) is 10.3 Å². The molecule has 3 aromatic rings. The molecule has 0 aliphatic heterocycles. The first-order chi connectivity index (χ1) is 17.5. The molecular formula is C25H33N3O5S4. The van der Waals surface area contributed by atoms with Crippen LogP contribution in [0.3, 0.4) is 0 Å². The van der Waals surface area contributed by atoms with Crippen molar-refractivity contribution < 1.29 is 23.1 Å². The second-order valence-corrected chi connectivity index (χ2v) is 14.5. The number of sulfonamides is 1. The van der Waals surface area contributed by atoms with Gasteiger partial charge in [-0.25, -0.2) is 17.9 Å². The summed E-state index contributed by atoms with van der Waals surface area (Å²) in [4.78, 5) is 31.4. The maximum atomic E-state index is 14.0. The molecule has 0 aliphatic carbocycles. The van der Waals surface area contributed by atoms with Crippen LogP contribution in [0.2, 0.25) is 0 Å². The van der Waals surface area contributed by atoms with Crippen LogP contribution in [0.25, 0.3) is 0 Å². The van der Waals surface area contributed by atoms with Crippen molar-refractivity contribution in [1.29, 1.82) is 0 Å². The van der Waals surface area contributed by atoms with Crippen molar-refractivity contribution in [2.45, 2.75) is 68.9 Å². The van der Waals surface area contributed by atoms with Crippen LogP contribution in [0.4, 0.5) is 4.79 Å². The largest absolute Gasteiger partial charge is 0.465 e. The summed E-state index contributed by atoms with van der Waals surface area (Å²) in [5.74, 6) is -0.252. The van der Waals surface area contributed by atoms with E-state index in [1.165, 1.54) is 4.90 Å². The number of hydrogen-bond acceptors (Lipinski definition) is 7. The van der Waals surface area contributed by atoms with E-state index in [-0.39, 0.29) is 23.1 Å². The van der Waals surface area contributed by atoms with Gasteiger partial charge in [-0.15, -0.1) is 34.0 Å². The van der Waals surface area contributed by atoms with E-state index in [1.54, 1.807) is 65.9 Å². The van der Waals surface area contributed by atoms with Crippen molar-refractivity contribution in [3.8, 4) is 0 Å². The summed E-state index contributed by atoms with van der Waals surface area (Å²) in [6, 6.07) is 10.1. The van der Waals surface area contributed by atoms with E-state index in [4.69, 9.17) is 0 Å². The number of nitrogens with one attached hydrogen (secondary N) is 1. The molecule has 0 radical (unpaired) electrons. The fraction of sp³-hybridized carbons (Fsp3) is 0.440. The number of thiophene rings is 3. The van der Waals surface area contributed by atoms with Gasteiger partial charge in [-0.05, 0) is 74.4 Å². The Labute approximate surface area is 230 Å². The molecule has 0 spiro atoms. The number of hydrogen-bond donors (Lipinski definition) is 2. The Kier molecular flexibility index (Phi) is 10.3. The number of unbranched alkanes of at least 4 members (excludes halogenated alkanes) is 1. The third kappa shape index (κ3) is 8.37. The van der Waals surface area contributed by atoms with E-state index in [1.807, 2.05) is 35.0 Å². The van der Waals surface area contributed by atoms with Crippen LogP contribution in [0.15, 0.2) is 56.7 Å². The number of carboxylic acid groups (broad SMARTS) is 1. The van der Waals surface area contributed by atoms with Crippen molar-refractivity contribution in [2.75, 3.05) is 6.54 Å². The Balaban J connectivity index is 1.76. The first-order valence-electron chi connectivity index (χ1n) is 11.9. The highest BCUT2D eigenvalue weighted by molar-refractivity contribution is 7.91. The molecule has 3 rings (SSSR count). The SMILES string of the molecule is CC(C)(C)N(C(=O)O)C(CCCCNS(=O)(=O)c1cccs1)C(=O)N(Cc1cccs1)Cc1cccs1. The van der Waals surface area contributed by atoms with Crippen molar-refractivity contribution in [3.63, 3.8) is 0 Å². The fourth-order valence-electron chi connectivity index (χ4n) is 4.01. The summed E-state index contributed by atoms with van der Waals surface area (Å²) < 4.78 is 27.6. The molecule has 2 amide bonds. The molecule has 202 valence electrons. The van der Waals surface area contributed by atoms with E-state index in [0.717, 1.165) is 21.1 Å². The highest BCUT2D eigenvalue weighted by atomic mass is 32.2. The Hall–Kier alpha value is -2.25. The van der Waals surface area contributed by atoms with Gasteiger partial charge in [-0.3, -0.25) is 9.69 Å². The third-order valence-corrected chi connectivity index (χ3v) is 10.2. The predicted octanol–water partition coefficient (Wildman–Crippen LogP) is 5.70. The molecule has 1 atom stereocenters. The number of nitrogens with zero attached hydrogens (tertiary/aromatic N) is 2. The molecule has 0 bridgehead atoms. The first-order valence-corrected chi connectivity index (χ1v) is 16.0. The fourth-order valence-corrected chi connectivity index (χ4v) is 7.56. The van der Waals surface area contributed by atoms with E-state index in [0.29, 0.717) is 25.9 Å². The summed E-state index contributed by atoms with van der Waals surface area (Å²) in [7, 11) is -3.57. The molecule has 0 fully saturated rings. The van der Waals surface area contributed by atoms with E-state index in [9.17, 15) is 23.1 Å². The van der Waals surface area contributed by atoms with E-state index >= 15 is 0 Å². The maximum absolute atomic E-state index is 14.0. The molecule has 0 saturated heterocycles. The molecule has 3 heterocycles. The molecule has 2 N–H and O–H groups in total. The van der Waals surface area contributed by atoms with Crippen LogP contribution >= 0.6 is 34.0 Å². The zero-order valence-corrected chi connectivity index (χ0v) is 24.4. The quantitative estimate of drug-likeness (QED) is 0.251. The summed E-state index contributed by atoms with van der Waals surface area (Å²) >= 11 is 4.26.